The Labute approximate surface area is 106 Å². The fourth-order valence-electron chi connectivity index (χ4n) is 2.31. The highest BCUT2D eigenvalue weighted by molar-refractivity contribution is 5.10. The molecule has 0 amide bonds. The number of likely N-dealkylation sites (N-methyl/N-ethyl adjacent to an activating group) is 1. The molecule has 3 nitrogen and oxygen atoms in total. The van der Waals surface area contributed by atoms with Crippen molar-refractivity contribution in [2.24, 2.45) is 7.05 Å². The molecule has 0 aliphatic rings. The highest BCUT2D eigenvalue weighted by Crippen LogP contribution is 2.10. The lowest BCUT2D eigenvalue weighted by Gasteiger charge is -2.17. The number of nitrogens with zero attached hydrogens (tertiary/aromatic N) is 2. The molecule has 1 aromatic heterocycles. The largest absolute Gasteiger partial charge is 0.314 e. The van der Waals surface area contributed by atoms with Crippen molar-refractivity contribution in [3.63, 3.8) is 0 Å². The standard InChI is InChI=1S/C14H27N3/c1-5-7-8-9-13(15-6-2)11-14-10-12(3)16-17(14)4/h10,13,15H,5-9,11H2,1-4H3. The molecule has 0 bridgehead atoms. The van der Waals surface area contributed by atoms with E-state index in [0.29, 0.717) is 6.04 Å². The van der Waals surface area contributed by atoms with Gasteiger partial charge in [-0.15, -0.1) is 0 Å². The van der Waals surface area contributed by atoms with Gasteiger partial charge < -0.3 is 5.32 Å². The third kappa shape index (κ3) is 4.90. The Balaban J connectivity index is 2.50. The molecule has 1 atom stereocenters. The minimum Gasteiger partial charge on any atom is -0.314 e. The molecule has 17 heavy (non-hydrogen) atoms. The zero-order valence-corrected chi connectivity index (χ0v) is 11.8. The molecule has 1 heterocycles. The fourth-order valence-corrected chi connectivity index (χ4v) is 2.31. The van der Waals surface area contributed by atoms with Crippen LogP contribution in [0, 0.1) is 6.92 Å². The predicted octanol–water partition coefficient (Wildman–Crippen LogP) is 2.83. The van der Waals surface area contributed by atoms with E-state index in [9.17, 15) is 0 Å². The maximum atomic E-state index is 4.41. The molecule has 1 rings (SSSR count). The van der Waals surface area contributed by atoms with Gasteiger partial charge in [-0.2, -0.15) is 5.10 Å². The van der Waals surface area contributed by atoms with E-state index in [4.69, 9.17) is 0 Å². The number of unbranched alkanes of at least 4 members (excludes halogenated alkanes) is 2. The first-order valence-electron chi connectivity index (χ1n) is 6.90. The lowest BCUT2D eigenvalue weighted by molar-refractivity contribution is 0.456. The van der Waals surface area contributed by atoms with Crippen molar-refractivity contribution < 1.29 is 0 Å². The molecule has 98 valence electrons. The van der Waals surface area contributed by atoms with Gasteiger partial charge in [0.05, 0.1) is 5.69 Å². The van der Waals surface area contributed by atoms with E-state index < -0.39 is 0 Å². The van der Waals surface area contributed by atoms with Crippen LogP contribution in [-0.2, 0) is 13.5 Å². The van der Waals surface area contributed by atoms with E-state index in [-0.39, 0.29) is 0 Å². The van der Waals surface area contributed by atoms with Crippen LogP contribution < -0.4 is 5.32 Å². The summed E-state index contributed by atoms with van der Waals surface area (Å²) in [6, 6.07) is 2.80. The summed E-state index contributed by atoms with van der Waals surface area (Å²) in [5, 5.41) is 7.99. The van der Waals surface area contributed by atoms with Crippen LogP contribution in [0.2, 0.25) is 0 Å². The Hall–Kier alpha value is -0.830. The molecule has 0 aromatic carbocycles. The highest BCUT2D eigenvalue weighted by Gasteiger charge is 2.11. The Morgan fingerprint density at radius 3 is 2.65 bits per heavy atom. The molecule has 0 aliphatic carbocycles. The van der Waals surface area contributed by atoms with Crippen LogP contribution in [0.5, 0.6) is 0 Å². The topological polar surface area (TPSA) is 29.9 Å². The lowest BCUT2D eigenvalue weighted by atomic mass is 10.0. The summed E-state index contributed by atoms with van der Waals surface area (Å²) in [6.45, 7) is 7.55. The van der Waals surface area contributed by atoms with E-state index in [1.54, 1.807) is 0 Å². The van der Waals surface area contributed by atoms with E-state index >= 15 is 0 Å². The maximum absolute atomic E-state index is 4.41. The van der Waals surface area contributed by atoms with Gasteiger partial charge in [-0.25, -0.2) is 0 Å². The number of aryl methyl sites for hydroxylation is 2. The van der Waals surface area contributed by atoms with Crippen LogP contribution in [-0.4, -0.2) is 22.4 Å². The molecule has 0 aliphatic heterocycles. The molecule has 0 saturated carbocycles. The Bertz CT molecular complexity index is 317. The van der Waals surface area contributed by atoms with Crippen LogP contribution in [0.1, 0.15) is 50.9 Å². The number of hydrogen-bond donors (Lipinski definition) is 1. The summed E-state index contributed by atoms with van der Waals surface area (Å²) < 4.78 is 2.01. The van der Waals surface area contributed by atoms with Crippen molar-refractivity contribution in [1.82, 2.24) is 15.1 Å². The number of rotatable bonds is 8. The zero-order chi connectivity index (χ0) is 12.7. The van der Waals surface area contributed by atoms with Gasteiger partial charge in [-0.1, -0.05) is 33.1 Å². The Morgan fingerprint density at radius 1 is 1.35 bits per heavy atom. The van der Waals surface area contributed by atoms with Gasteiger partial charge in [-0.3, -0.25) is 4.68 Å². The molecule has 1 N–H and O–H groups in total. The average molecular weight is 237 g/mol. The van der Waals surface area contributed by atoms with Gasteiger partial charge in [0, 0.05) is 25.2 Å². The van der Waals surface area contributed by atoms with Gasteiger partial charge in [0.25, 0.3) is 0 Å². The second-order valence-corrected chi connectivity index (χ2v) is 4.86. The van der Waals surface area contributed by atoms with Crippen LogP contribution in [0.25, 0.3) is 0 Å². The first-order valence-corrected chi connectivity index (χ1v) is 6.90. The van der Waals surface area contributed by atoms with Crippen molar-refractivity contribution in [2.75, 3.05) is 6.54 Å². The van der Waals surface area contributed by atoms with E-state index in [0.717, 1.165) is 18.7 Å². The molecule has 0 saturated heterocycles. The summed E-state index contributed by atoms with van der Waals surface area (Å²) >= 11 is 0. The summed E-state index contributed by atoms with van der Waals surface area (Å²) in [5.41, 5.74) is 2.45. The molecule has 1 unspecified atom stereocenters. The van der Waals surface area contributed by atoms with Gasteiger partial charge in [0.1, 0.15) is 0 Å². The molecule has 0 spiro atoms. The first kappa shape index (κ1) is 14.2. The second kappa shape index (κ2) is 7.49. The third-order valence-electron chi connectivity index (χ3n) is 3.20. The van der Waals surface area contributed by atoms with E-state index in [2.05, 4.69) is 37.3 Å². The Kier molecular flexibility index (Phi) is 6.27. The lowest BCUT2D eigenvalue weighted by Crippen LogP contribution is -2.31. The van der Waals surface area contributed by atoms with Crippen molar-refractivity contribution in [3.05, 3.63) is 17.5 Å². The zero-order valence-electron chi connectivity index (χ0n) is 11.8. The van der Waals surface area contributed by atoms with E-state index in [1.165, 1.54) is 31.4 Å². The normalized spacial score (nSPS) is 12.9. The number of hydrogen-bond acceptors (Lipinski definition) is 2. The van der Waals surface area contributed by atoms with Crippen molar-refractivity contribution in [2.45, 2.75) is 58.9 Å². The van der Waals surface area contributed by atoms with Crippen LogP contribution >= 0.6 is 0 Å². The summed E-state index contributed by atoms with van der Waals surface area (Å²) in [6.07, 6.45) is 6.32. The minimum atomic E-state index is 0.598. The molecular formula is C14H27N3. The fraction of sp³-hybridized carbons (Fsp3) is 0.786. The molecule has 0 fully saturated rings. The van der Waals surface area contributed by atoms with Gasteiger partial charge in [0.15, 0.2) is 0 Å². The average Bonchev–Trinajstić information content (AvgIpc) is 2.58. The van der Waals surface area contributed by atoms with Crippen molar-refractivity contribution in [3.8, 4) is 0 Å². The number of aromatic nitrogens is 2. The van der Waals surface area contributed by atoms with Crippen LogP contribution in [0.4, 0.5) is 0 Å². The van der Waals surface area contributed by atoms with E-state index in [1.807, 2.05) is 11.7 Å². The molecule has 0 radical (unpaired) electrons. The quantitative estimate of drug-likeness (QED) is 0.705. The Morgan fingerprint density at radius 2 is 2.12 bits per heavy atom. The smallest absolute Gasteiger partial charge is 0.0596 e. The summed E-state index contributed by atoms with van der Waals surface area (Å²) in [7, 11) is 2.04. The monoisotopic (exact) mass is 237 g/mol. The van der Waals surface area contributed by atoms with Crippen molar-refractivity contribution >= 4 is 0 Å². The molecule has 1 aromatic rings. The maximum Gasteiger partial charge on any atom is 0.0596 e. The van der Waals surface area contributed by atoms with Gasteiger partial charge >= 0.3 is 0 Å². The molecular weight excluding hydrogens is 210 g/mol. The minimum absolute atomic E-state index is 0.598. The van der Waals surface area contributed by atoms with Gasteiger partial charge in [-0.05, 0) is 26.0 Å². The van der Waals surface area contributed by atoms with Crippen LogP contribution in [0.3, 0.4) is 0 Å². The van der Waals surface area contributed by atoms with Crippen molar-refractivity contribution in [1.29, 1.82) is 0 Å². The predicted molar refractivity (Wildman–Crippen MR) is 73.3 cm³/mol. The van der Waals surface area contributed by atoms with Gasteiger partial charge in [0.2, 0.25) is 0 Å². The molecule has 3 heteroatoms. The second-order valence-electron chi connectivity index (χ2n) is 4.86. The number of nitrogens with one attached hydrogen (secondary N) is 1. The third-order valence-corrected chi connectivity index (χ3v) is 3.20. The summed E-state index contributed by atoms with van der Waals surface area (Å²) in [4.78, 5) is 0. The van der Waals surface area contributed by atoms with Crippen LogP contribution in [0.15, 0.2) is 6.07 Å². The highest BCUT2D eigenvalue weighted by atomic mass is 15.3. The first-order chi connectivity index (χ1) is 8.17. The SMILES string of the molecule is CCCCCC(Cc1cc(C)nn1C)NCC. The summed E-state index contributed by atoms with van der Waals surface area (Å²) in [5.74, 6) is 0.